The molecule has 3 N–H and O–H groups in total. The van der Waals surface area contributed by atoms with Gasteiger partial charge >= 0.3 is 12.0 Å². The number of amides is 2. The summed E-state index contributed by atoms with van der Waals surface area (Å²) in [6.07, 6.45) is 8.46. The average Bonchev–Trinajstić information content (AvgIpc) is 2.52. The number of rotatable bonds is 4. The van der Waals surface area contributed by atoms with E-state index in [2.05, 4.69) is 15.0 Å². The number of pyridine rings is 1. The number of aromatic nitrogens is 3. The van der Waals surface area contributed by atoms with Crippen molar-refractivity contribution in [3.63, 3.8) is 0 Å². The quantitative estimate of drug-likeness (QED) is 0.816. The van der Waals surface area contributed by atoms with Crippen LogP contribution in [0.4, 0.5) is 10.6 Å². The molecule has 0 atom stereocenters. The van der Waals surface area contributed by atoms with E-state index in [1.807, 2.05) is 0 Å². The molecule has 0 aromatic carbocycles. The fraction of sp³-hybridized carbons (Fsp3) is 0.0714. The number of carboxylic acid groups (broad SMARTS) is 1. The van der Waals surface area contributed by atoms with Crippen LogP contribution in [0, 0.1) is 0 Å². The summed E-state index contributed by atoms with van der Waals surface area (Å²) in [5.74, 6) is -0.744. The third-order valence-corrected chi connectivity index (χ3v) is 2.77. The first-order valence-corrected chi connectivity index (χ1v) is 6.19. The highest BCUT2D eigenvalue weighted by Gasteiger charge is 2.10. The molecule has 22 heavy (non-hydrogen) atoms. The predicted octanol–water partition coefficient (Wildman–Crippen LogP) is 1.15. The lowest BCUT2D eigenvalue weighted by Crippen LogP contribution is -2.32. The normalized spacial score (nSPS) is 10.6. The molecule has 112 valence electrons. The molecule has 2 amide bonds. The highest BCUT2D eigenvalue weighted by atomic mass is 16.4. The van der Waals surface area contributed by atoms with Crippen molar-refractivity contribution in [2.45, 2.75) is 0 Å². The van der Waals surface area contributed by atoms with Crippen molar-refractivity contribution >= 4 is 23.9 Å². The van der Waals surface area contributed by atoms with Crippen LogP contribution >= 0.6 is 0 Å². The van der Waals surface area contributed by atoms with E-state index in [9.17, 15) is 9.59 Å². The highest BCUT2D eigenvalue weighted by Crippen LogP contribution is 2.19. The standard InChI is InChI=1S/C14H13N5O3/c1-19(14(15)22)12-8-17-7-11(18-12)10-4-9(5-16-6-10)2-3-13(20)21/h2-8H,1H3,(H2,15,22)(H,20,21)/b3-2+. The Morgan fingerprint density at radius 1 is 1.23 bits per heavy atom. The largest absolute Gasteiger partial charge is 0.478 e. The minimum atomic E-state index is -1.05. The number of aliphatic carboxylic acids is 1. The van der Waals surface area contributed by atoms with Gasteiger partial charge in [0.05, 0.1) is 18.1 Å². The van der Waals surface area contributed by atoms with Gasteiger partial charge in [-0.2, -0.15) is 0 Å². The maximum absolute atomic E-state index is 11.2. The molecule has 0 unspecified atom stereocenters. The monoisotopic (exact) mass is 299 g/mol. The van der Waals surface area contributed by atoms with Crippen LogP contribution in [0.3, 0.4) is 0 Å². The molecule has 0 aliphatic heterocycles. The second kappa shape index (κ2) is 6.44. The predicted molar refractivity (Wildman–Crippen MR) is 79.9 cm³/mol. The van der Waals surface area contributed by atoms with E-state index in [4.69, 9.17) is 10.8 Å². The molecular weight excluding hydrogens is 286 g/mol. The van der Waals surface area contributed by atoms with E-state index < -0.39 is 12.0 Å². The van der Waals surface area contributed by atoms with E-state index in [-0.39, 0.29) is 0 Å². The van der Waals surface area contributed by atoms with Gasteiger partial charge in [-0.25, -0.2) is 14.6 Å². The number of carbonyl (C=O) groups excluding carboxylic acids is 1. The lowest BCUT2D eigenvalue weighted by atomic mass is 10.1. The molecule has 0 radical (unpaired) electrons. The van der Waals surface area contributed by atoms with E-state index in [1.165, 1.54) is 31.7 Å². The molecule has 8 heteroatoms. The smallest absolute Gasteiger partial charge is 0.328 e. The van der Waals surface area contributed by atoms with Crippen LogP contribution in [-0.2, 0) is 4.79 Å². The SMILES string of the molecule is CN(C(N)=O)c1cncc(-c2cncc(/C=C/C(=O)O)c2)n1. The molecule has 0 aliphatic carbocycles. The molecular formula is C14H13N5O3. The number of nitrogens with two attached hydrogens (primary N) is 1. The second-order valence-corrected chi connectivity index (χ2v) is 4.34. The minimum absolute atomic E-state index is 0.302. The summed E-state index contributed by atoms with van der Waals surface area (Å²) in [5.41, 5.74) is 6.93. The second-order valence-electron chi connectivity index (χ2n) is 4.34. The Morgan fingerprint density at radius 3 is 2.64 bits per heavy atom. The van der Waals surface area contributed by atoms with Gasteiger partial charge in [0.25, 0.3) is 0 Å². The molecule has 2 rings (SSSR count). The summed E-state index contributed by atoms with van der Waals surface area (Å²) >= 11 is 0. The van der Waals surface area contributed by atoms with Gasteiger partial charge in [-0.1, -0.05) is 0 Å². The van der Waals surface area contributed by atoms with Gasteiger partial charge in [-0.05, 0) is 17.7 Å². The van der Waals surface area contributed by atoms with Crippen molar-refractivity contribution in [2.75, 3.05) is 11.9 Å². The summed E-state index contributed by atoms with van der Waals surface area (Å²) in [6.45, 7) is 0. The lowest BCUT2D eigenvalue weighted by molar-refractivity contribution is -0.131. The van der Waals surface area contributed by atoms with Crippen LogP contribution in [0.25, 0.3) is 17.3 Å². The maximum atomic E-state index is 11.2. The number of nitrogens with zero attached hydrogens (tertiary/aromatic N) is 4. The van der Waals surface area contributed by atoms with Gasteiger partial charge in [0.15, 0.2) is 5.82 Å². The molecule has 0 aliphatic rings. The van der Waals surface area contributed by atoms with Gasteiger partial charge in [0.1, 0.15) is 0 Å². The Kier molecular flexibility index (Phi) is 4.42. The number of hydrogen-bond donors (Lipinski definition) is 2. The zero-order valence-electron chi connectivity index (χ0n) is 11.7. The van der Waals surface area contributed by atoms with Crippen LogP contribution in [0.1, 0.15) is 5.56 Å². The molecule has 2 heterocycles. The number of anilines is 1. The van der Waals surface area contributed by atoms with Crippen LogP contribution in [0.2, 0.25) is 0 Å². The number of urea groups is 1. The Bertz CT molecular complexity index is 745. The van der Waals surface area contributed by atoms with E-state index in [1.54, 1.807) is 12.3 Å². The van der Waals surface area contributed by atoms with Crippen LogP contribution in [0.15, 0.2) is 36.9 Å². The van der Waals surface area contributed by atoms with Crippen LogP contribution < -0.4 is 10.6 Å². The van der Waals surface area contributed by atoms with Crippen molar-refractivity contribution < 1.29 is 14.7 Å². The maximum Gasteiger partial charge on any atom is 0.328 e. The van der Waals surface area contributed by atoms with Crippen molar-refractivity contribution in [1.82, 2.24) is 15.0 Å². The van der Waals surface area contributed by atoms with Crippen molar-refractivity contribution in [3.8, 4) is 11.3 Å². The van der Waals surface area contributed by atoms with Gasteiger partial charge in [0, 0.05) is 31.1 Å². The minimum Gasteiger partial charge on any atom is -0.478 e. The molecule has 0 saturated carbocycles. The first kappa shape index (κ1) is 15.1. The highest BCUT2D eigenvalue weighted by molar-refractivity contribution is 5.89. The summed E-state index contributed by atoms with van der Waals surface area (Å²) in [5, 5.41) is 8.63. The zero-order chi connectivity index (χ0) is 16.1. The summed E-state index contributed by atoms with van der Waals surface area (Å²) < 4.78 is 0. The average molecular weight is 299 g/mol. The fourth-order valence-corrected chi connectivity index (χ4v) is 1.63. The molecule has 0 saturated heterocycles. The van der Waals surface area contributed by atoms with Gasteiger partial charge < -0.3 is 10.8 Å². The Balaban J connectivity index is 2.36. The van der Waals surface area contributed by atoms with Crippen LogP contribution in [0.5, 0.6) is 0 Å². The summed E-state index contributed by atoms with van der Waals surface area (Å²) in [7, 11) is 1.49. The van der Waals surface area contributed by atoms with E-state index in [0.717, 1.165) is 11.0 Å². The van der Waals surface area contributed by atoms with E-state index in [0.29, 0.717) is 22.6 Å². The third kappa shape index (κ3) is 3.63. The Morgan fingerprint density at radius 2 is 1.95 bits per heavy atom. The van der Waals surface area contributed by atoms with Crippen LogP contribution in [-0.4, -0.2) is 39.1 Å². The van der Waals surface area contributed by atoms with Crippen molar-refractivity contribution in [1.29, 1.82) is 0 Å². The Hall–Kier alpha value is -3.29. The molecule has 0 spiro atoms. The number of primary amides is 1. The molecule has 0 fully saturated rings. The van der Waals surface area contributed by atoms with Crippen molar-refractivity contribution in [3.05, 3.63) is 42.5 Å². The van der Waals surface area contributed by atoms with E-state index >= 15 is 0 Å². The molecule has 2 aromatic rings. The lowest BCUT2D eigenvalue weighted by Gasteiger charge is -2.13. The molecule has 8 nitrogen and oxygen atoms in total. The van der Waals surface area contributed by atoms with Gasteiger partial charge in [0.2, 0.25) is 0 Å². The first-order chi connectivity index (χ1) is 10.5. The third-order valence-electron chi connectivity index (χ3n) is 2.77. The first-order valence-electron chi connectivity index (χ1n) is 6.19. The summed E-state index contributed by atoms with van der Waals surface area (Å²) in [6, 6.07) is 1.06. The van der Waals surface area contributed by atoms with Crippen molar-refractivity contribution in [2.24, 2.45) is 5.73 Å². The number of carbonyl (C=O) groups is 2. The fourth-order valence-electron chi connectivity index (χ4n) is 1.63. The zero-order valence-corrected chi connectivity index (χ0v) is 11.7. The topological polar surface area (TPSA) is 122 Å². The van der Waals surface area contributed by atoms with Gasteiger partial charge in [-0.3, -0.25) is 14.9 Å². The molecule has 2 aromatic heterocycles. The summed E-state index contributed by atoms with van der Waals surface area (Å²) in [4.78, 5) is 35.2. The molecule has 0 bridgehead atoms. The Labute approximate surface area is 125 Å². The number of carboxylic acids is 1. The van der Waals surface area contributed by atoms with Gasteiger partial charge in [-0.15, -0.1) is 0 Å². The number of hydrogen-bond acceptors (Lipinski definition) is 5.